The number of amides is 2. The fourth-order valence-electron chi connectivity index (χ4n) is 6.31. The molecule has 1 atom stereocenters. The van der Waals surface area contributed by atoms with Crippen molar-refractivity contribution < 1.29 is 23.1 Å². The van der Waals surface area contributed by atoms with Gasteiger partial charge < -0.3 is 15.4 Å². The summed E-state index contributed by atoms with van der Waals surface area (Å²) in [6.45, 7) is 1.25. The van der Waals surface area contributed by atoms with Crippen LogP contribution in [0.4, 0.5) is 8.78 Å². The summed E-state index contributed by atoms with van der Waals surface area (Å²) in [7, 11) is 0. The molecule has 4 aliphatic rings. The third-order valence-corrected chi connectivity index (χ3v) is 7.37. The van der Waals surface area contributed by atoms with E-state index in [4.69, 9.17) is 0 Å². The first-order valence-electron chi connectivity index (χ1n) is 11.4. The molecular formula is C24H32F2N2O3. The molecule has 4 bridgehead atoms. The molecule has 0 heterocycles. The van der Waals surface area contributed by atoms with E-state index in [1.807, 2.05) is 13.8 Å². The number of nitrogens with one attached hydrogen (secondary N) is 2. The summed E-state index contributed by atoms with van der Waals surface area (Å²) in [5.41, 5.74) is 0.479. The summed E-state index contributed by atoms with van der Waals surface area (Å²) in [5.74, 6) is 1.86. The van der Waals surface area contributed by atoms with Gasteiger partial charge in [-0.15, -0.1) is 0 Å². The number of ether oxygens (including phenoxy) is 1. The lowest BCUT2D eigenvalue weighted by Gasteiger charge is -2.55. The van der Waals surface area contributed by atoms with Crippen molar-refractivity contribution in [2.24, 2.45) is 29.1 Å². The van der Waals surface area contributed by atoms with Crippen molar-refractivity contribution in [1.29, 1.82) is 0 Å². The minimum atomic E-state index is -2.87. The van der Waals surface area contributed by atoms with Crippen LogP contribution in [0.3, 0.4) is 0 Å². The fourth-order valence-corrected chi connectivity index (χ4v) is 6.31. The zero-order chi connectivity index (χ0) is 22.2. The topological polar surface area (TPSA) is 67.4 Å². The van der Waals surface area contributed by atoms with Gasteiger partial charge in [0, 0.05) is 12.0 Å². The second-order valence-corrected chi connectivity index (χ2v) is 10.1. The average Bonchev–Trinajstić information content (AvgIpc) is 2.69. The van der Waals surface area contributed by atoms with E-state index in [9.17, 15) is 18.4 Å². The van der Waals surface area contributed by atoms with Crippen molar-refractivity contribution in [3.8, 4) is 5.75 Å². The van der Waals surface area contributed by atoms with Gasteiger partial charge in [0.1, 0.15) is 11.8 Å². The van der Waals surface area contributed by atoms with E-state index >= 15 is 0 Å². The highest BCUT2D eigenvalue weighted by Gasteiger charge is 2.55. The molecule has 31 heavy (non-hydrogen) atoms. The van der Waals surface area contributed by atoms with Gasteiger partial charge in [-0.1, -0.05) is 26.0 Å². The van der Waals surface area contributed by atoms with Gasteiger partial charge in [0.25, 0.3) is 0 Å². The van der Waals surface area contributed by atoms with Gasteiger partial charge in [0.05, 0.1) is 0 Å². The predicted octanol–water partition coefficient (Wildman–Crippen LogP) is 4.26. The summed E-state index contributed by atoms with van der Waals surface area (Å²) >= 11 is 0. The molecule has 0 unspecified atom stereocenters. The van der Waals surface area contributed by atoms with E-state index in [-0.39, 0.29) is 35.4 Å². The van der Waals surface area contributed by atoms with E-state index < -0.39 is 12.7 Å². The lowest BCUT2D eigenvalue weighted by molar-refractivity contribution is -0.149. The number of halogens is 2. The number of hydrogen-bond acceptors (Lipinski definition) is 3. The molecule has 5 nitrogen and oxygen atoms in total. The lowest BCUT2D eigenvalue weighted by Crippen LogP contribution is -2.58. The lowest BCUT2D eigenvalue weighted by atomic mass is 9.49. The SMILES string of the molecule is CC(C)[C@H](NC(=O)C12CC3CC(CC(C3)C1)C2)C(=O)NCc1ccc(OC(F)F)cc1. The molecule has 170 valence electrons. The Labute approximate surface area is 182 Å². The van der Waals surface area contributed by atoms with Crippen LogP contribution in [0.5, 0.6) is 5.75 Å². The molecule has 0 aliphatic heterocycles. The van der Waals surface area contributed by atoms with Gasteiger partial charge in [-0.25, -0.2) is 0 Å². The van der Waals surface area contributed by atoms with Gasteiger partial charge >= 0.3 is 6.61 Å². The molecule has 2 N–H and O–H groups in total. The van der Waals surface area contributed by atoms with Gasteiger partial charge in [-0.3, -0.25) is 9.59 Å². The van der Waals surface area contributed by atoms with Crippen LogP contribution in [0, 0.1) is 29.1 Å². The predicted molar refractivity (Wildman–Crippen MR) is 112 cm³/mol. The first-order chi connectivity index (χ1) is 14.7. The summed E-state index contributed by atoms with van der Waals surface area (Å²) in [6, 6.07) is 5.57. The van der Waals surface area contributed by atoms with Crippen LogP contribution >= 0.6 is 0 Å². The molecule has 5 rings (SSSR count). The van der Waals surface area contributed by atoms with Crippen molar-refractivity contribution in [1.82, 2.24) is 10.6 Å². The molecular weight excluding hydrogens is 402 g/mol. The van der Waals surface area contributed by atoms with Crippen LogP contribution < -0.4 is 15.4 Å². The number of carbonyl (C=O) groups excluding carboxylic acids is 2. The fraction of sp³-hybridized carbons (Fsp3) is 0.667. The maximum atomic E-state index is 13.3. The molecule has 1 aromatic carbocycles. The summed E-state index contributed by atoms with van der Waals surface area (Å²) < 4.78 is 28.9. The Balaban J connectivity index is 1.35. The smallest absolute Gasteiger partial charge is 0.387 e. The van der Waals surface area contributed by atoms with Crippen LogP contribution in [0.1, 0.15) is 57.9 Å². The third-order valence-electron chi connectivity index (χ3n) is 7.37. The minimum Gasteiger partial charge on any atom is -0.435 e. The highest BCUT2D eigenvalue weighted by molar-refractivity contribution is 5.90. The Kier molecular flexibility index (Phi) is 6.22. The molecule has 0 spiro atoms. The normalized spacial score (nSPS) is 29.8. The van der Waals surface area contributed by atoms with Crippen molar-refractivity contribution in [3.05, 3.63) is 29.8 Å². The van der Waals surface area contributed by atoms with Crippen molar-refractivity contribution >= 4 is 11.8 Å². The van der Waals surface area contributed by atoms with Crippen LogP contribution in [0.15, 0.2) is 24.3 Å². The number of hydrogen-bond donors (Lipinski definition) is 2. The Morgan fingerprint density at radius 2 is 1.58 bits per heavy atom. The Hall–Kier alpha value is -2.18. The van der Waals surface area contributed by atoms with Crippen molar-refractivity contribution in [2.45, 2.75) is 71.6 Å². The van der Waals surface area contributed by atoms with Gasteiger partial charge in [0.15, 0.2) is 0 Å². The van der Waals surface area contributed by atoms with E-state index in [0.717, 1.165) is 24.8 Å². The largest absolute Gasteiger partial charge is 0.435 e. The molecule has 4 saturated carbocycles. The number of carbonyl (C=O) groups is 2. The van der Waals surface area contributed by atoms with Gasteiger partial charge in [-0.2, -0.15) is 8.78 Å². The van der Waals surface area contributed by atoms with Gasteiger partial charge in [-0.05, 0) is 79.9 Å². The van der Waals surface area contributed by atoms with Gasteiger partial charge in [0.2, 0.25) is 11.8 Å². The highest BCUT2D eigenvalue weighted by atomic mass is 19.3. The molecule has 0 saturated heterocycles. The molecule has 7 heteroatoms. The average molecular weight is 435 g/mol. The highest BCUT2D eigenvalue weighted by Crippen LogP contribution is 2.60. The Bertz CT molecular complexity index is 774. The summed E-state index contributed by atoms with van der Waals surface area (Å²) in [4.78, 5) is 26.2. The second kappa shape index (κ2) is 8.75. The summed E-state index contributed by atoms with van der Waals surface area (Å²) in [6.07, 6.45) is 6.68. The Morgan fingerprint density at radius 3 is 2.06 bits per heavy atom. The van der Waals surface area contributed by atoms with Crippen molar-refractivity contribution in [2.75, 3.05) is 0 Å². The van der Waals surface area contributed by atoms with E-state index in [0.29, 0.717) is 17.8 Å². The van der Waals surface area contributed by atoms with E-state index in [2.05, 4.69) is 15.4 Å². The molecule has 4 fully saturated rings. The quantitative estimate of drug-likeness (QED) is 0.642. The van der Waals surface area contributed by atoms with E-state index in [1.165, 1.54) is 31.4 Å². The van der Waals surface area contributed by atoms with Crippen molar-refractivity contribution in [3.63, 3.8) is 0 Å². The number of alkyl halides is 2. The third kappa shape index (κ3) is 4.85. The standard InChI is InChI=1S/C24H32F2N2O3/c1-14(2)20(21(29)27-13-15-3-5-19(6-4-15)31-23(25)26)28-22(30)24-10-16-7-17(11-24)9-18(8-16)12-24/h3-6,14,16-18,20,23H,7-13H2,1-2H3,(H,27,29)(H,28,30)/t16?,17?,18?,20-,24?/m0/s1. The minimum absolute atomic E-state index is 0.0420. The zero-order valence-electron chi connectivity index (χ0n) is 18.2. The molecule has 1 aromatic rings. The van der Waals surface area contributed by atoms with E-state index in [1.54, 1.807) is 12.1 Å². The first-order valence-corrected chi connectivity index (χ1v) is 11.4. The Morgan fingerprint density at radius 1 is 1.03 bits per heavy atom. The molecule has 2 amide bonds. The monoisotopic (exact) mass is 434 g/mol. The van der Waals surface area contributed by atoms with Crippen LogP contribution in [-0.2, 0) is 16.1 Å². The maximum Gasteiger partial charge on any atom is 0.387 e. The summed E-state index contributed by atoms with van der Waals surface area (Å²) in [5, 5.41) is 5.96. The zero-order valence-corrected chi connectivity index (χ0v) is 18.2. The molecule has 0 radical (unpaired) electrons. The first kappa shape index (κ1) is 22.0. The van der Waals surface area contributed by atoms with Crippen LogP contribution in [-0.4, -0.2) is 24.5 Å². The molecule has 4 aliphatic carbocycles. The number of rotatable bonds is 8. The van der Waals surface area contributed by atoms with Crippen LogP contribution in [0.25, 0.3) is 0 Å². The van der Waals surface area contributed by atoms with Crippen LogP contribution in [0.2, 0.25) is 0 Å². The molecule has 0 aromatic heterocycles. The number of benzene rings is 1. The second-order valence-electron chi connectivity index (χ2n) is 10.1. The maximum absolute atomic E-state index is 13.3.